The fraction of sp³-hybridized carbons (Fsp3) is 0.750. The summed E-state index contributed by atoms with van der Waals surface area (Å²) >= 11 is 0. The molecule has 1 fully saturated rings. The van der Waals surface area contributed by atoms with Gasteiger partial charge in [-0.1, -0.05) is 0 Å². The Morgan fingerprint density at radius 1 is 1.47 bits per heavy atom. The van der Waals surface area contributed by atoms with Crippen molar-refractivity contribution in [1.29, 1.82) is 0 Å². The van der Waals surface area contributed by atoms with Gasteiger partial charge in [-0.05, 0) is 40.0 Å². The number of amides is 1. The summed E-state index contributed by atoms with van der Waals surface area (Å²) < 4.78 is 5.17. The van der Waals surface area contributed by atoms with Crippen LogP contribution in [0, 0.1) is 18.3 Å². The summed E-state index contributed by atoms with van der Waals surface area (Å²) in [7, 11) is 0. The van der Waals surface area contributed by atoms with E-state index in [2.05, 4.69) is 11.2 Å². The van der Waals surface area contributed by atoms with Gasteiger partial charge in [0, 0.05) is 12.0 Å². The molecule has 84 valence electrons. The van der Waals surface area contributed by atoms with Crippen molar-refractivity contribution in [2.24, 2.45) is 5.92 Å². The largest absolute Gasteiger partial charge is 0.444 e. The number of hydrogen-bond acceptors (Lipinski definition) is 2. The second-order valence-electron chi connectivity index (χ2n) is 5.02. The van der Waals surface area contributed by atoms with Crippen molar-refractivity contribution < 1.29 is 9.53 Å². The highest BCUT2D eigenvalue weighted by Crippen LogP contribution is 2.24. The van der Waals surface area contributed by atoms with Crippen LogP contribution >= 0.6 is 0 Å². The normalized spacial score (nSPS) is 25.7. The molecule has 1 aliphatic rings. The van der Waals surface area contributed by atoms with Crippen LogP contribution in [0.5, 0.6) is 0 Å². The standard InChI is InChI=1S/C12H19NO2/c1-5-9-6-7-10(8-9)13-11(14)15-12(2,3)4/h1,9-10H,6-8H2,2-4H3,(H,13,14). The van der Waals surface area contributed by atoms with E-state index in [9.17, 15) is 4.79 Å². The zero-order valence-electron chi connectivity index (χ0n) is 9.67. The number of carbonyl (C=O) groups is 1. The summed E-state index contributed by atoms with van der Waals surface area (Å²) in [5.41, 5.74) is -0.436. The SMILES string of the molecule is C#CC1CCC(NC(=O)OC(C)(C)C)C1. The molecule has 15 heavy (non-hydrogen) atoms. The van der Waals surface area contributed by atoms with E-state index < -0.39 is 5.60 Å². The lowest BCUT2D eigenvalue weighted by atomic mass is 10.1. The average Bonchev–Trinajstić information content (AvgIpc) is 2.48. The topological polar surface area (TPSA) is 38.3 Å². The van der Waals surface area contributed by atoms with Gasteiger partial charge >= 0.3 is 6.09 Å². The van der Waals surface area contributed by atoms with E-state index >= 15 is 0 Å². The molecule has 0 aromatic rings. The molecule has 2 atom stereocenters. The van der Waals surface area contributed by atoms with E-state index in [1.165, 1.54) is 0 Å². The zero-order valence-corrected chi connectivity index (χ0v) is 9.67. The van der Waals surface area contributed by atoms with E-state index in [0.717, 1.165) is 19.3 Å². The molecule has 0 spiro atoms. The Labute approximate surface area is 91.6 Å². The number of terminal acetylenes is 1. The lowest BCUT2D eigenvalue weighted by molar-refractivity contribution is 0.0505. The molecule has 1 rings (SSSR count). The van der Waals surface area contributed by atoms with Crippen LogP contribution in [-0.4, -0.2) is 17.7 Å². The lowest BCUT2D eigenvalue weighted by Gasteiger charge is -2.21. The lowest BCUT2D eigenvalue weighted by Crippen LogP contribution is -2.37. The Balaban J connectivity index is 2.32. The predicted octanol–water partition coefficient (Wildman–Crippen LogP) is 2.31. The van der Waals surface area contributed by atoms with Crippen LogP contribution in [0.3, 0.4) is 0 Å². The quantitative estimate of drug-likeness (QED) is 0.673. The molecule has 1 N–H and O–H groups in total. The molecule has 0 bridgehead atoms. The van der Waals surface area contributed by atoms with Crippen molar-refractivity contribution >= 4 is 6.09 Å². The molecule has 0 radical (unpaired) electrons. The first kappa shape index (κ1) is 11.9. The number of carbonyl (C=O) groups excluding carboxylic acids is 1. The van der Waals surface area contributed by atoms with Gasteiger partial charge in [0.2, 0.25) is 0 Å². The first-order valence-corrected chi connectivity index (χ1v) is 5.36. The molecule has 1 amide bonds. The van der Waals surface area contributed by atoms with E-state index in [0.29, 0.717) is 5.92 Å². The minimum atomic E-state index is -0.436. The first-order valence-electron chi connectivity index (χ1n) is 5.36. The summed E-state index contributed by atoms with van der Waals surface area (Å²) in [6.45, 7) is 5.56. The van der Waals surface area contributed by atoms with Crippen LogP contribution in [-0.2, 0) is 4.74 Å². The van der Waals surface area contributed by atoms with Gasteiger partial charge in [-0.15, -0.1) is 12.3 Å². The molecule has 1 aliphatic carbocycles. The molecule has 0 aliphatic heterocycles. The van der Waals surface area contributed by atoms with Crippen LogP contribution in [0.25, 0.3) is 0 Å². The second-order valence-corrected chi connectivity index (χ2v) is 5.02. The fourth-order valence-electron chi connectivity index (χ4n) is 1.74. The Kier molecular flexibility index (Phi) is 3.62. The van der Waals surface area contributed by atoms with Crippen molar-refractivity contribution in [2.75, 3.05) is 0 Å². The maximum Gasteiger partial charge on any atom is 0.407 e. The molecule has 0 aromatic heterocycles. The summed E-state index contributed by atoms with van der Waals surface area (Å²) in [5, 5.41) is 2.84. The molecule has 0 heterocycles. The molecule has 2 unspecified atom stereocenters. The first-order chi connectivity index (χ1) is 6.90. The average molecular weight is 209 g/mol. The van der Waals surface area contributed by atoms with Crippen LogP contribution in [0.2, 0.25) is 0 Å². The van der Waals surface area contributed by atoms with Crippen LogP contribution in [0.4, 0.5) is 4.79 Å². The zero-order chi connectivity index (χ0) is 11.5. The number of alkyl carbamates (subject to hydrolysis) is 1. The van der Waals surface area contributed by atoms with Gasteiger partial charge in [-0.3, -0.25) is 0 Å². The van der Waals surface area contributed by atoms with Crippen molar-refractivity contribution in [3.8, 4) is 12.3 Å². The summed E-state index contributed by atoms with van der Waals surface area (Å²) in [6, 6.07) is 0.181. The van der Waals surface area contributed by atoms with Crippen molar-refractivity contribution in [1.82, 2.24) is 5.32 Å². The Bertz CT molecular complexity index is 272. The Morgan fingerprint density at radius 3 is 2.60 bits per heavy atom. The minimum Gasteiger partial charge on any atom is -0.444 e. The van der Waals surface area contributed by atoms with Crippen molar-refractivity contribution in [3.05, 3.63) is 0 Å². The van der Waals surface area contributed by atoms with Gasteiger partial charge in [-0.25, -0.2) is 4.79 Å². The van der Waals surface area contributed by atoms with Crippen molar-refractivity contribution in [2.45, 2.75) is 51.7 Å². The Hall–Kier alpha value is -1.17. The monoisotopic (exact) mass is 209 g/mol. The minimum absolute atomic E-state index is 0.181. The maximum absolute atomic E-state index is 11.4. The van der Waals surface area contributed by atoms with Gasteiger partial charge < -0.3 is 10.1 Å². The molecule has 3 heteroatoms. The highest BCUT2D eigenvalue weighted by molar-refractivity contribution is 5.68. The fourth-order valence-corrected chi connectivity index (χ4v) is 1.74. The summed E-state index contributed by atoms with van der Waals surface area (Å²) in [4.78, 5) is 11.4. The van der Waals surface area contributed by atoms with E-state index in [-0.39, 0.29) is 12.1 Å². The second kappa shape index (κ2) is 4.57. The van der Waals surface area contributed by atoms with E-state index in [1.54, 1.807) is 0 Å². The third-order valence-corrected chi connectivity index (χ3v) is 2.39. The van der Waals surface area contributed by atoms with E-state index in [1.807, 2.05) is 20.8 Å². The van der Waals surface area contributed by atoms with Gasteiger partial charge in [0.15, 0.2) is 0 Å². The third-order valence-electron chi connectivity index (χ3n) is 2.39. The molecule has 0 saturated heterocycles. The van der Waals surface area contributed by atoms with Crippen LogP contribution < -0.4 is 5.32 Å². The van der Waals surface area contributed by atoms with Gasteiger partial charge in [0.05, 0.1) is 0 Å². The van der Waals surface area contributed by atoms with Crippen molar-refractivity contribution in [3.63, 3.8) is 0 Å². The smallest absolute Gasteiger partial charge is 0.407 e. The summed E-state index contributed by atoms with van der Waals surface area (Å²) in [5.74, 6) is 3.03. The molecular weight excluding hydrogens is 190 g/mol. The Morgan fingerprint density at radius 2 is 2.13 bits per heavy atom. The highest BCUT2D eigenvalue weighted by atomic mass is 16.6. The maximum atomic E-state index is 11.4. The third kappa shape index (κ3) is 4.24. The molecule has 3 nitrogen and oxygen atoms in total. The van der Waals surface area contributed by atoms with Crippen LogP contribution in [0.1, 0.15) is 40.0 Å². The van der Waals surface area contributed by atoms with Gasteiger partial charge in [-0.2, -0.15) is 0 Å². The number of nitrogens with one attached hydrogen (secondary N) is 1. The number of hydrogen-bond donors (Lipinski definition) is 1. The molecule has 0 aromatic carbocycles. The number of rotatable bonds is 1. The predicted molar refractivity (Wildman–Crippen MR) is 59.3 cm³/mol. The van der Waals surface area contributed by atoms with E-state index in [4.69, 9.17) is 11.2 Å². The van der Waals surface area contributed by atoms with Gasteiger partial charge in [0.1, 0.15) is 5.60 Å². The molecular formula is C12H19NO2. The van der Waals surface area contributed by atoms with Crippen LogP contribution in [0.15, 0.2) is 0 Å². The molecule has 1 saturated carbocycles. The highest BCUT2D eigenvalue weighted by Gasteiger charge is 2.26. The number of ether oxygens (including phenoxy) is 1. The van der Waals surface area contributed by atoms with Gasteiger partial charge in [0.25, 0.3) is 0 Å². The summed E-state index contributed by atoms with van der Waals surface area (Å²) in [6.07, 6.45) is 7.81.